The summed E-state index contributed by atoms with van der Waals surface area (Å²) >= 11 is 0. The molecule has 2 aromatic carbocycles. The van der Waals surface area contributed by atoms with Crippen molar-refractivity contribution in [3.05, 3.63) is 83.7 Å². The zero-order valence-electron chi connectivity index (χ0n) is 15.1. The Balaban J connectivity index is 1.69. The number of benzene rings is 2. The van der Waals surface area contributed by atoms with Crippen molar-refractivity contribution < 1.29 is 9.59 Å². The topological polar surface area (TPSA) is 84.0 Å². The maximum absolute atomic E-state index is 12.5. The molecule has 136 valence electrons. The van der Waals surface area contributed by atoms with Crippen LogP contribution in [0, 0.1) is 0 Å². The van der Waals surface area contributed by atoms with Gasteiger partial charge in [-0.2, -0.15) is 0 Å². The van der Waals surface area contributed by atoms with Crippen LogP contribution in [0.2, 0.25) is 0 Å². The summed E-state index contributed by atoms with van der Waals surface area (Å²) in [6.45, 7) is 3.44. The van der Waals surface area contributed by atoms with E-state index in [-0.39, 0.29) is 23.4 Å². The average Bonchev–Trinajstić information content (AvgIpc) is 2.69. The van der Waals surface area contributed by atoms with Crippen LogP contribution in [0.4, 0.5) is 11.6 Å². The lowest BCUT2D eigenvalue weighted by Gasteiger charge is -2.14. The number of aromatic nitrogens is 2. The number of carbonyl (C=O) groups excluding carboxylic acids is 2. The Bertz CT molecular complexity index is 940. The van der Waals surface area contributed by atoms with E-state index in [0.29, 0.717) is 11.5 Å². The first kappa shape index (κ1) is 18.3. The number of nitrogens with one attached hydrogen (secondary N) is 2. The Kier molecular flexibility index (Phi) is 5.56. The van der Waals surface area contributed by atoms with Gasteiger partial charge in [0.2, 0.25) is 5.95 Å². The van der Waals surface area contributed by atoms with Gasteiger partial charge in [0.05, 0.1) is 6.04 Å². The number of hydrogen-bond acceptors (Lipinski definition) is 5. The van der Waals surface area contributed by atoms with Crippen molar-refractivity contribution in [3.8, 4) is 0 Å². The first-order valence-corrected chi connectivity index (χ1v) is 8.60. The van der Waals surface area contributed by atoms with Crippen LogP contribution >= 0.6 is 0 Å². The van der Waals surface area contributed by atoms with Gasteiger partial charge in [0.25, 0.3) is 5.91 Å². The summed E-state index contributed by atoms with van der Waals surface area (Å²) in [6, 6.07) is 18.1. The van der Waals surface area contributed by atoms with Gasteiger partial charge in [-0.15, -0.1) is 0 Å². The second-order valence-electron chi connectivity index (χ2n) is 6.13. The molecule has 0 bridgehead atoms. The molecule has 0 radical (unpaired) electrons. The lowest BCUT2D eigenvalue weighted by atomic mass is 10.1. The van der Waals surface area contributed by atoms with Crippen molar-refractivity contribution >= 4 is 23.3 Å². The van der Waals surface area contributed by atoms with E-state index in [1.165, 1.54) is 13.1 Å². The fraction of sp³-hybridized carbons (Fsp3) is 0.143. The van der Waals surface area contributed by atoms with Crippen molar-refractivity contribution in [1.29, 1.82) is 0 Å². The van der Waals surface area contributed by atoms with E-state index in [1.807, 2.05) is 37.3 Å². The summed E-state index contributed by atoms with van der Waals surface area (Å²) in [5.74, 6) is 0.0401. The molecule has 6 heteroatoms. The summed E-state index contributed by atoms with van der Waals surface area (Å²) in [4.78, 5) is 32.2. The fourth-order valence-electron chi connectivity index (χ4n) is 2.56. The molecule has 6 nitrogen and oxygen atoms in total. The third-order valence-corrected chi connectivity index (χ3v) is 4.08. The third kappa shape index (κ3) is 4.76. The number of carbonyl (C=O) groups is 2. The summed E-state index contributed by atoms with van der Waals surface area (Å²) in [5, 5.41) is 5.97. The van der Waals surface area contributed by atoms with E-state index in [1.54, 1.807) is 30.3 Å². The van der Waals surface area contributed by atoms with Crippen molar-refractivity contribution in [3.63, 3.8) is 0 Å². The molecule has 0 aliphatic rings. The molecule has 0 aliphatic carbocycles. The lowest BCUT2D eigenvalue weighted by molar-refractivity contribution is 0.0934. The van der Waals surface area contributed by atoms with Gasteiger partial charge < -0.3 is 10.6 Å². The third-order valence-electron chi connectivity index (χ3n) is 4.08. The number of nitrogens with zero attached hydrogens (tertiary/aromatic N) is 2. The minimum absolute atomic E-state index is 0.00371. The molecule has 1 heterocycles. The molecule has 1 atom stereocenters. The van der Waals surface area contributed by atoms with Gasteiger partial charge in [-0.3, -0.25) is 9.59 Å². The van der Waals surface area contributed by atoms with E-state index < -0.39 is 0 Å². The number of amides is 1. The lowest BCUT2D eigenvalue weighted by Crippen LogP contribution is -2.27. The summed E-state index contributed by atoms with van der Waals surface area (Å²) in [5.41, 5.74) is 2.65. The molecule has 0 fully saturated rings. The zero-order valence-corrected chi connectivity index (χ0v) is 15.1. The van der Waals surface area contributed by atoms with Crippen LogP contribution in [0.25, 0.3) is 0 Å². The number of ketones is 1. The highest BCUT2D eigenvalue weighted by Crippen LogP contribution is 2.15. The Morgan fingerprint density at radius 3 is 2.33 bits per heavy atom. The molecule has 27 heavy (non-hydrogen) atoms. The van der Waals surface area contributed by atoms with E-state index in [9.17, 15) is 9.59 Å². The van der Waals surface area contributed by atoms with Crippen LogP contribution in [0.1, 0.15) is 46.3 Å². The van der Waals surface area contributed by atoms with Crippen LogP contribution in [-0.2, 0) is 0 Å². The van der Waals surface area contributed by atoms with Crippen molar-refractivity contribution in [1.82, 2.24) is 15.3 Å². The molecule has 0 aliphatic heterocycles. The first-order valence-electron chi connectivity index (χ1n) is 8.60. The van der Waals surface area contributed by atoms with Crippen molar-refractivity contribution in [2.45, 2.75) is 19.9 Å². The second kappa shape index (κ2) is 8.23. The molecule has 0 saturated heterocycles. The van der Waals surface area contributed by atoms with Gasteiger partial charge in [0, 0.05) is 17.4 Å². The Morgan fingerprint density at radius 1 is 0.963 bits per heavy atom. The molecule has 3 rings (SSSR count). The van der Waals surface area contributed by atoms with E-state index >= 15 is 0 Å². The van der Waals surface area contributed by atoms with Crippen molar-refractivity contribution in [2.75, 3.05) is 5.32 Å². The van der Waals surface area contributed by atoms with Crippen molar-refractivity contribution in [2.24, 2.45) is 0 Å². The summed E-state index contributed by atoms with van der Waals surface area (Å²) in [7, 11) is 0. The minimum Gasteiger partial charge on any atom is -0.344 e. The van der Waals surface area contributed by atoms with E-state index in [4.69, 9.17) is 0 Å². The Labute approximate surface area is 157 Å². The quantitative estimate of drug-likeness (QED) is 0.651. The molecule has 1 amide bonds. The molecule has 0 spiro atoms. The molecule has 2 N–H and O–H groups in total. The zero-order chi connectivity index (χ0) is 19.2. The highest BCUT2D eigenvalue weighted by Gasteiger charge is 2.13. The molecular weight excluding hydrogens is 340 g/mol. The molecule has 1 aromatic heterocycles. The van der Waals surface area contributed by atoms with E-state index in [2.05, 4.69) is 20.6 Å². The minimum atomic E-state index is -0.274. The van der Waals surface area contributed by atoms with Gasteiger partial charge in [-0.05, 0) is 49.7 Å². The smallest absolute Gasteiger partial charge is 0.270 e. The van der Waals surface area contributed by atoms with Crippen LogP contribution in [-0.4, -0.2) is 21.7 Å². The fourth-order valence-corrected chi connectivity index (χ4v) is 2.56. The van der Waals surface area contributed by atoms with Gasteiger partial charge in [0.15, 0.2) is 5.78 Å². The molecule has 1 unspecified atom stereocenters. The Morgan fingerprint density at radius 2 is 1.67 bits per heavy atom. The number of Topliss-reactive ketones (excluding diaryl/α,β-unsaturated/α-hetero) is 1. The SMILES string of the molecule is CC(=O)c1ccc(Nc2nccc(C(=O)NC(C)c3ccccc3)n2)cc1. The highest BCUT2D eigenvalue weighted by atomic mass is 16.2. The normalized spacial score (nSPS) is 11.5. The second-order valence-corrected chi connectivity index (χ2v) is 6.13. The number of hydrogen-bond donors (Lipinski definition) is 2. The van der Waals surface area contributed by atoms with Gasteiger partial charge in [-0.25, -0.2) is 9.97 Å². The maximum atomic E-state index is 12.5. The summed E-state index contributed by atoms with van der Waals surface area (Å²) < 4.78 is 0. The largest absolute Gasteiger partial charge is 0.344 e. The van der Waals surface area contributed by atoms with Gasteiger partial charge in [0.1, 0.15) is 5.69 Å². The Hall–Kier alpha value is -3.54. The van der Waals surface area contributed by atoms with Crippen LogP contribution in [0.15, 0.2) is 66.9 Å². The maximum Gasteiger partial charge on any atom is 0.270 e. The van der Waals surface area contributed by atoms with Crippen LogP contribution in [0.5, 0.6) is 0 Å². The van der Waals surface area contributed by atoms with Crippen LogP contribution in [0.3, 0.4) is 0 Å². The van der Waals surface area contributed by atoms with Gasteiger partial charge >= 0.3 is 0 Å². The van der Waals surface area contributed by atoms with E-state index in [0.717, 1.165) is 11.3 Å². The van der Waals surface area contributed by atoms with Crippen LogP contribution < -0.4 is 10.6 Å². The predicted octanol–water partition coefficient (Wildman–Crippen LogP) is 3.91. The molecule has 3 aromatic rings. The standard InChI is InChI=1S/C21H20N4O2/c1-14(16-6-4-3-5-7-16)23-20(27)19-12-13-22-21(25-19)24-18-10-8-17(9-11-18)15(2)26/h3-14H,1-2H3,(H,23,27)(H,22,24,25). The first-order chi connectivity index (χ1) is 13.0. The van der Waals surface area contributed by atoms with Gasteiger partial charge in [-0.1, -0.05) is 30.3 Å². The average molecular weight is 360 g/mol. The highest BCUT2D eigenvalue weighted by molar-refractivity contribution is 5.94. The summed E-state index contributed by atoms with van der Waals surface area (Å²) in [6.07, 6.45) is 1.53. The number of rotatable bonds is 6. The molecule has 0 saturated carbocycles. The molecular formula is C21H20N4O2. The number of anilines is 2. The monoisotopic (exact) mass is 360 g/mol. The predicted molar refractivity (Wildman–Crippen MR) is 104 cm³/mol.